The first-order valence-electron chi connectivity index (χ1n) is 2.93. The molecule has 1 nitrogen and oxygen atoms in total. The second-order valence-corrected chi connectivity index (χ2v) is 3.17. The number of aryl methyl sites for hydroxylation is 2. The Labute approximate surface area is 66.0 Å². The lowest BCUT2D eigenvalue weighted by atomic mass is 10.2. The van der Waals surface area contributed by atoms with Crippen molar-refractivity contribution in [3.63, 3.8) is 0 Å². The van der Waals surface area contributed by atoms with E-state index >= 15 is 0 Å². The van der Waals surface area contributed by atoms with Crippen molar-refractivity contribution < 1.29 is 13.2 Å². The van der Waals surface area contributed by atoms with Crippen LogP contribution in [0.3, 0.4) is 0 Å². The fourth-order valence-corrected chi connectivity index (χ4v) is 1.61. The molecule has 1 aromatic rings. The molecule has 0 amide bonds. The molecule has 0 saturated carbocycles. The molecule has 0 N–H and O–H groups in total. The maximum Gasteiger partial charge on any atom is 0.419 e. The van der Waals surface area contributed by atoms with Gasteiger partial charge < -0.3 is 0 Å². The normalized spacial score (nSPS) is 12.1. The third kappa shape index (κ3) is 1.53. The van der Waals surface area contributed by atoms with Crippen molar-refractivity contribution in [1.29, 1.82) is 0 Å². The van der Waals surface area contributed by atoms with Crippen LogP contribution in [0.2, 0.25) is 0 Å². The first-order valence-corrected chi connectivity index (χ1v) is 3.70. The Morgan fingerprint density at radius 3 is 2.00 bits per heavy atom. The molecule has 0 aliphatic heterocycles. The SMILES string of the molecule is Cc1nsc(C)c1C(F)(F)F. The molecule has 62 valence electrons. The summed E-state index contributed by atoms with van der Waals surface area (Å²) in [4.78, 5) is 0.231. The van der Waals surface area contributed by atoms with Gasteiger partial charge in [0, 0.05) is 4.88 Å². The van der Waals surface area contributed by atoms with Gasteiger partial charge in [0.25, 0.3) is 0 Å². The van der Waals surface area contributed by atoms with E-state index in [0.717, 1.165) is 11.5 Å². The summed E-state index contributed by atoms with van der Waals surface area (Å²) in [5.41, 5.74) is -0.512. The van der Waals surface area contributed by atoms with Gasteiger partial charge in [-0.3, -0.25) is 0 Å². The minimum Gasteiger partial charge on any atom is -0.197 e. The monoisotopic (exact) mass is 181 g/mol. The number of alkyl halides is 3. The molecule has 0 aliphatic rings. The van der Waals surface area contributed by atoms with Crippen molar-refractivity contribution in [2.75, 3.05) is 0 Å². The Morgan fingerprint density at radius 1 is 1.27 bits per heavy atom. The lowest BCUT2D eigenvalue weighted by Crippen LogP contribution is -2.06. The number of aromatic nitrogens is 1. The smallest absolute Gasteiger partial charge is 0.197 e. The number of hydrogen-bond donors (Lipinski definition) is 0. The van der Waals surface area contributed by atoms with Gasteiger partial charge in [-0.25, -0.2) is 0 Å². The van der Waals surface area contributed by atoms with Crippen molar-refractivity contribution in [3.8, 4) is 0 Å². The highest BCUT2D eigenvalue weighted by Crippen LogP contribution is 2.35. The lowest BCUT2D eigenvalue weighted by molar-refractivity contribution is -0.138. The van der Waals surface area contributed by atoms with E-state index in [-0.39, 0.29) is 10.6 Å². The Kier molecular flexibility index (Phi) is 1.92. The third-order valence-corrected chi connectivity index (χ3v) is 2.16. The zero-order chi connectivity index (χ0) is 8.65. The average Bonchev–Trinajstić information content (AvgIpc) is 2.08. The molecular formula is C6H6F3NS. The van der Waals surface area contributed by atoms with Crippen LogP contribution in [0.1, 0.15) is 16.1 Å². The molecule has 1 rings (SSSR count). The van der Waals surface area contributed by atoms with Gasteiger partial charge >= 0.3 is 6.18 Å². The predicted octanol–water partition coefficient (Wildman–Crippen LogP) is 2.78. The molecule has 0 aliphatic carbocycles. The molecule has 0 fully saturated rings. The first-order chi connectivity index (χ1) is 4.93. The molecular weight excluding hydrogens is 175 g/mol. The molecule has 11 heavy (non-hydrogen) atoms. The highest BCUT2D eigenvalue weighted by molar-refractivity contribution is 7.05. The summed E-state index contributed by atoms with van der Waals surface area (Å²) < 4.78 is 39.9. The topological polar surface area (TPSA) is 12.9 Å². The molecule has 0 spiro atoms. The molecule has 0 bridgehead atoms. The van der Waals surface area contributed by atoms with Crippen LogP contribution < -0.4 is 0 Å². The summed E-state index contributed by atoms with van der Waals surface area (Å²) in [6.45, 7) is 2.79. The van der Waals surface area contributed by atoms with Gasteiger partial charge in [-0.2, -0.15) is 17.5 Å². The predicted molar refractivity (Wildman–Crippen MR) is 36.6 cm³/mol. The average molecular weight is 181 g/mol. The van der Waals surface area contributed by atoms with Gasteiger partial charge in [0.15, 0.2) is 0 Å². The largest absolute Gasteiger partial charge is 0.419 e. The van der Waals surface area contributed by atoms with Crippen LogP contribution in [-0.4, -0.2) is 4.37 Å². The van der Waals surface area contributed by atoms with E-state index in [1.807, 2.05) is 0 Å². The zero-order valence-electron chi connectivity index (χ0n) is 5.99. The maximum absolute atomic E-state index is 12.1. The van der Waals surface area contributed by atoms with Crippen molar-refractivity contribution in [2.24, 2.45) is 0 Å². The van der Waals surface area contributed by atoms with Crippen LogP contribution in [0.15, 0.2) is 0 Å². The molecule has 1 aromatic heterocycles. The summed E-state index contributed by atoms with van der Waals surface area (Å²) in [6, 6.07) is 0. The molecule has 5 heteroatoms. The van der Waals surface area contributed by atoms with E-state index in [1.165, 1.54) is 13.8 Å². The Hall–Kier alpha value is -0.580. The number of rotatable bonds is 0. The number of nitrogens with zero attached hydrogens (tertiary/aromatic N) is 1. The highest BCUT2D eigenvalue weighted by Gasteiger charge is 2.35. The van der Waals surface area contributed by atoms with Crippen LogP contribution in [0.25, 0.3) is 0 Å². The standard InChI is InChI=1S/C6H6F3NS/c1-3-5(6(7,8)9)4(2)11-10-3/h1-2H3. The van der Waals surface area contributed by atoms with Crippen molar-refractivity contribution in [2.45, 2.75) is 20.0 Å². The summed E-state index contributed by atoms with van der Waals surface area (Å²) in [5.74, 6) is 0. The fraction of sp³-hybridized carbons (Fsp3) is 0.500. The number of halogens is 3. The fourth-order valence-electron chi connectivity index (χ4n) is 0.888. The Balaban J connectivity index is 3.21. The Bertz CT molecular complexity index is 244. The molecule has 0 radical (unpaired) electrons. The maximum atomic E-state index is 12.1. The summed E-state index contributed by atoms with van der Waals surface area (Å²) in [6.07, 6.45) is -4.25. The molecule has 1 heterocycles. The van der Waals surface area contributed by atoms with Gasteiger partial charge in [0.05, 0.1) is 11.3 Å². The van der Waals surface area contributed by atoms with Gasteiger partial charge in [-0.15, -0.1) is 0 Å². The lowest BCUT2D eigenvalue weighted by Gasteiger charge is -2.04. The van der Waals surface area contributed by atoms with Crippen LogP contribution in [0.4, 0.5) is 13.2 Å². The Morgan fingerprint density at radius 2 is 1.82 bits per heavy atom. The van der Waals surface area contributed by atoms with Crippen LogP contribution in [-0.2, 0) is 6.18 Å². The van der Waals surface area contributed by atoms with Crippen molar-refractivity contribution in [3.05, 3.63) is 16.1 Å². The van der Waals surface area contributed by atoms with Crippen LogP contribution in [0, 0.1) is 13.8 Å². The highest BCUT2D eigenvalue weighted by atomic mass is 32.1. The van der Waals surface area contributed by atoms with Gasteiger partial charge in [-0.05, 0) is 25.4 Å². The van der Waals surface area contributed by atoms with E-state index in [4.69, 9.17) is 0 Å². The zero-order valence-corrected chi connectivity index (χ0v) is 6.81. The molecule has 0 saturated heterocycles. The molecule has 0 unspecified atom stereocenters. The van der Waals surface area contributed by atoms with Crippen LogP contribution in [0.5, 0.6) is 0 Å². The van der Waals surface area contributed by atoms with Crippen molar-refractivity contribution >= 4 is 11.5 Å². The quantitative estimate of drug-likeness (QED) is 0.599. The van der Waals surface area contributed by atoms with Gasteiger partial charge in [-0.1, -0.05) is 0 Å². The number of hydrogen-bond acceptors (Lipinski definition) is 2. The summed E-state index contributed by atoms with van der Waals surface area (Å²) >= 11 is 0.888. The van der Waals surface area contributed by atoms with E-state index in [1.54, 1.807) is 0 Å². The molecule has 0 aromatic carbocycles. The first kappa shape index (κ1) is 8.52. The van der Waals surface area contributed by atoms with Crippen molar-refractivity contribution in [1.82, 2.24) is 4.37 Å². The van der Waals surface area contributed by atoms with Gasteiger partial charge in [0.1, 0.15) is 0 Å². The minimum atomic E-state index is -4.25. The van der Waals surface area contributed by atoms with E-state index in [2.05, 4.69) is 4.37 Å². The van der Waals surface area contributed by atoms with Crippen LogP contribution >= 0.6 is 11.5 Å². The summed E-state index contributed by atoms with van der Waals surface area (Å²) in [5, 5.41) is 0. The third-order valence-electron chi connectivity index (χ3n) is 1.32. The second kappa shape index (κ2) is 2.48. The summed E-state index contributed by atoms with van der Waals surface area (Å²) in [7, 11) is 0. The minimum absolute atomic E-state index is 0.0694. The van der Waals surface area contributed by atoms with E-state index in [9.17, 15) is 13.2 Å². The van der Waals surface area contributed by atoms with E-state index in [0.29, 0.717) is 0 Å². The van der Waals surface area contributed by atoms with E-state index < -0.39 is 11.7 Å². The van der Waals surface area contributed by atoms with Gasteiger partial charge in [0.2, 0.25) is 0 Å². The molecule has 0 atom stereocenters. The second-order valence-electron chi connectivity index (χ2n) is 2.20.